The summed E-state index contributed by atoms with van der Waals surface area (Å²) >= 11 is 5.70. The summed E-state index contributed by atoms with van der Waals surface area (Å²) in [4.78, 5) is 13.9. The van der Waals surface area contributed by atoms with E-state index in [-0.39, 0.29) is 10.5 Å². The molecule has 0 aliphatic heterocycles. The number of hydrogen-bond acceptors (Lipinski definition) is 3. The Balaban J connectivity index is 1.86. The van der Waals surface area contributed by atoms with E-state index in [9.17, 15) is 22.0 Å². The molecule has 0 aliphatic carbocycles. The number of hydrazine groups is 1. The highest BCUT2D eigenvalue weighted by atomic mass is 35.5. The van der Waals surface area contributed by atoms with Crippen molar-refractivity contribution in [3.8, 4) is 11.1 Å². The van der Waals surface area contributed by atoms with Gasteiger partial charge in [0.2, 0.25) is 0 Å². The van der Waals surface area contributed by atoms with Gasteiger partial charge in [-0.1, -0.05) is 41.9 Å². The minimum atomic E-state index is -4.15. The molecule has 0 aromatic heterocycles. The molecule has 1 amide bonds. The van der Waals surface area contributed by atoms with E-state index in [1.54, 1.807) is 35.2 Å². The quantitative estimate of drug-likeness (QED) is 0.612. The van der Waals surface area contributed by atoms with Gasteiger partial charge in [0.1, 0.15) is 17.2 Å². The molecule has 3 aromatic carbocycles. The Bertz CT molecular complexity index is 1120. The summed E-state index contributed by atoms with van der Waals surface area (Å²) in [6.07, 6.45) is 0. The Morgan fingerprint density at radius 1 is 0.893 bits per heavy atom. The van der Waals surface area contributed by atoms with Crippen molar-refractivity contribution in [2.75, 3.05) is 0 Å². The van der Waals surface area contributed by atoms with E-state index in [0.29, 0.717) is 10.6 Å². The molecule has 0 fully saturated rings. The topological polar surface area (TPSA) is 75.3 Å². The third-order valence-corrected chi connectivity index (χ3v) is 5.34. The first-order chi connectivity index (χ1) is 13.3. The third kappa shape index (κ3) is 4.19. The highest BCUT2D eigenvalue weighted by Crippen LogP contribution is 2.26. The van der Waals surface area contributed by atoms with Crippen LogP contribution in [0.25, 0.3) is 11.1 Å². The van der Waals surface area contributed by atoms with Crippen LogP contribution < -0.4 is 10.3 Å². The Morgan fingerprint density at radius 2 is 1.54 bits per heavy atom. The molecule has 0 bridgehead atoms. The van der Waals surface area contributed by atoms with E-state index in [1.165, 1.54) is 30.3 Å². The van der Waals surface area contributed by atoms with Crippen LogP contribution in [0.2, 0.25) is 5.02 Å². The van der Waals surface area contributed by atoms with Gasteiger partial charge in [-0.3, -0.25) is 10.2 Å². The fraction of sp³-hybridized carbons (Fsp3) is 0. The highest BCUT2D eigenvalue weighted by Gasteiger charge is 2.23. The Hall–Kier alpha value is -2.81. The van der Waals surface area contributed by atoms with Crippen LogP contribution in [0, 0.1) is 11.6 Å². The summed E-state index contributed by atoms with van der Waals surface area (Å²) < 4.78 is 53.2. The maximum absolute atomic E-state index is 14.8. The van der Waals surface area contributed by atoms with Crippen molar-refractivity contribution in [3.63, 3.8) is 0 Å². The normalized spacial score (nSPS) is 11.2. The molecule has 0 saturated carbocycles. The smallest absolute Gasteiger partial charge is 0.272 e. The van der Waals surface area contributed by atoms with Crippen molar-refractivity contribution < 1.29 is 22.0 Å². The van der Waals surface area contributed by atoms with Crippen molar-refractivity contribution in [2.45, 2.75) is 4.90 Å². The van der Waals surface area contributed by atoms with E-state index in [1.807, 2.05) is 5.43 Å². The number of hydrogen-bond donors (Lipinski definition) is 2. The van der Waals surface area contributed by atoms with Crippen LogP contribution in [0.3, 0.4) is 0 Å². The highest BCUT2D eigenvalue weighted by molar-refractivity contribution is 7.89. The Morgan fingerprint density at radius 3 is 2.18 bits per heavy atom. The number of carbonyl (C=O) groups is 1. The van der Waals surface area contributed by atoms with Gasteiger partial charge in [0.25, 0.3) is 15.9 Å². The molecule has 0 saturated heterocycles. The summed E-state index contributed by atoms with van der Waals surface area (Å²) in [7, 11) is -4.15. The van der Waals surface area contributed by atoms with E-state index in [0.717, 1.165) is 6.07 Å². The lowest BCUT2D eigenvalue weighted by molar-refractivity contribution is 0.0936. The fourth-order valence-electron chi connectivity index (χ4n) is 2.45. The average Bonchev–Trinajstić information content (AvgIpc) is 2.67. The molecule has 2 N–H and O–H groups in total. The zero-order chi connectivity index (χ0) is 20.3. The van der Waals surface area contributed by atoms with Crippen molar-refractivity contribution in [1.29, 1.82) is 0 Å². The molecule has 0 unspecified atom stereocenters. The number of amides is 1. The SMILES string of the molecule is O=C(NNS(=O)(=O)c1ccc(Cl)cc1)c1c(F)ccc(-c2ccccc2)c1F. The predicted molar refractivity (Wildman–Crippen MR) is 101 cm³/mol. The first-order valence-electron chi connectivity index (χ1n) is 7.91. The monoisotopic (exact) mass is 422 g/mol. The Labute approximate surface area is 165 Å². The van der Waals surface area contributed by atoms with Crippen LogP contribution in [0.5, 0.6) is 0 Å². The lowest BCUT2D eigenvalue weighted by Crippen LogP contribution is -2.42. The molecule has 0 radical (unpaired) electrons. The van der Waals surface area contributed by atoms with Gasteiger partial charge >= 0.3 is 0 Å². The lowest BCUT2D eigenvalue weighted by Gasteiger charge is -2.12. The number of sulfonamides is 1. The summed E-state index contributed by atoms with van der Waals surface area (Å²) in [6.45, 7) is 0. The second kappa shape index (κ2) is 8.05. The number of benzene rings is 3. The zero-order valence-corrected chi connectivity index (χ0v) is 15.7. The summed E-state index contributed by atoms with van der Waals surface area (Å²) in [5.74, 6) is -3.50. The number of rotatable bonds is 5. The molecule has 28 heavy (non-hydrogen) atoms. The largest absolute Gasteiger partial charge is 0.273 e. The van der Waals surface area contributed by atoms with Crippen LogP contribution in [0.4, 0.5) is 8.78 Å². The van der Waals surface area contributed by atoms with E-state index >= 15 is 0 Å². The summed E-state index contributed by atoms with van der Waals surface area (Å²) in [5, 5.41) is 0.324. The maximum atomic E-state index is 14.8. The van der Waals surface area contributed by atoms with Gasteiger partial charge in [-0.05, 0) is 42.0 Å². The lowest BCUT2D eigenvalue weighted by atomic mass is 10.0. The van der Waals surface area contributed by atoms with E-state index in [2.05, 4.69) is 0 Å². The second-order valence-corrected chi connectivity index (χ2v) is 7.78. The molecular weight excluding hydrogens is 410 g/mol. The van der Waals surface area contributed by atoms with Gasteiger partial charge in [0.15, 0.2) is 0 Å². The molecule has 0 spiro atoms. The minimum absolute atomic E-state index is 0.00714. The fourth-order valence-corrected chi connectivity index (χ4v) is 3.42. The molecule has 3 rings (SSSR count). The van der Waals surface area contributed by atoms with Crippen molar-refractivity contribution in [1.82, 2.24) is 10.3 Å². The summed E-state index contributed by atoms with van der Waals surface area (Å²) in [6, 6.07) is 15.5. The van der Waals surface area contributed by atoms with E-state index in [4.69, 9.17) is 11.6 Å². The third-order valence-electron chi connectivity index (χ3n) is 3.83. The van der Waals surface area contributed by atoms with Gasteiger partial charge in [-0.25, -0.2) is 17.2 Å². The van der Waals surface area contributed by atoms with Gasteiger partial charge in [-0.15, -0.1) is 4.83 Å². The molecule has 3 aromatic rings. The van der Waals surface area contributed by atoms with Gasteiger partial charge < -0.3 is 0 Å². The van der Waals surface area contributed by atoms with Crippen LogP contribution >= 0.6 is 11.6 Å². The standard InChI is InChI=1S/C19H13ClF2N2O3S/c20-13-6-8-14(9-7-13)28(26,27)24-23-19(25)17-16(21)11-10-15(18(17)22)12-4-2-1-3-5-12/h1-11,24H,(H,23,25). The maximum Gasteiger partial charge on any atom is 0.272 e. The first-order valence-corrected chi connectivity index (χ1v) is 9.77. The van der Waals surface area contributed by atoms with Crippen LogP contribution in [0.15, 0.2) is 71.6 Å². The Kier molecular flexibility index (Phi) is 5.73. The molecule has 5 nitrogen and oxygen atoms in total. The summed E-state index contributed by atoms with van der Waals surface area (Å²) in [5.41, 5.74) is 1.37. The van der Waals surface area contributed by atoms with Gasteiger partial charge in [0.05, 0.1) is 4.90 Å². The molecule has 0 aliphatic rings. The van der Waals surface area contributed by atoms with Crippen molar-refractivity contribution >= 4 is 27.5 Å². The van der Waals surface area contributed by atoms with Crippen LogP contribution in [-0.4, -0.2) is 14.3 Å². The van der Waals surface area contributed by atoms with Crippen molar-refractivity contribution in [2.24, 2.45) is 0 Å². The zero-order valence-electron chi connectivity index (χ0n) is 14.1. The van der Waals surface area contributed by atoms with Gasteiger partial charge in [-0.2, -0.15) is 0 Å². The molecule has 9 heteroatoms. The average molecular weight is 423 g/mol. The number of halogens is 3. The number of carbonyl (C=O) groups excluding carboxylic acids is 1. The predicted octanol–water partition coefficient (Wildman–Crippen LogP) is 3.91. The molecule has 0 atom stereocenters. The van der Waals surface area contributed by atoms with E-state index < -0.39 is 33.1 Å². The van der Waals surface area contributed by atoms with Gasteiger partial charge in [0, 0.05) is 10.6 Å². The van der Waals surface area contributed by atoms with Crippen LogP contribution in [-0.2, 0) is 10.0 Å². The molecule has 0 heterocycles. The molecular formula is C19H13ClF2N2O3S. The minimum Gasteiger partial charge on any atom is -0.273 e. The molecule has 144 valence electrons. The first kappa shape index (κ1) is 19.9. The van der Waals surface area contributed by atoms with Crippen LogP contribution in [0.1, 0.15) is 10.4 Å². The number of nitrogens with one attached hydrogen (secondary N) is 2. The second-order valence-electron chi connectivity index (χ2n) is 5.66. The van der Waals surface area contributed by atoms with Crippen molar-refractivity contribution in [3.05, 3.63) is 89.0 Å².